The molecule has 1 aliphatic rings. The van der Waals surface area contributed by atoms with Gasteiger partial charge in [-0.15, -0.1) is 0 Å². The predicted octanol–water partition coefficient (Wildman–Crippen LogP) is 3.15. The number of alkyl halides is 1. The average molecular weight is 530 g/mol. The van der Waals surface area contributed by atoms with E-state index >= 15 is 4.39 Å². The number of carbonyl (C=O) groups excluding carboxylic acids is 2. The summed E-state index contributed by atoms with van der Waals surface area (Å²) < 4.78 is 32.7. The Bertz CT molecular complexity index is 1490. The molecule has 1 aliphatic heterocycles. The molecule has 0 aliphatic carbocycles. The van der Waals surface area contributed by atoms with Crippen molar-refractivity contribution in [1.29, 1.82) is 0 Å². The summed E-state index contributed by atoms with van der Waals surface area (Å²) in [6, 6.07) is 14.2. The molecule has 3 aromatic rings. The number of aromatic amines is 1. The minimum absolute atomic E-state index is 0.0321. The Labute approximate surface area is 211 Å². The number of azide groups is 1. The van der Waals surface area contributed by atoms with Gasteiger partial charge in [0.1, 0.15) is 6.61 Å². The highest BCUT2D eigenvalue weighted by Crippen LogP contribution is 2.42. The van der Waals surface area contributed by atoms with E-state index in [1.54, 1.807) is 18.2 Å². The maximum atomic E-state index is 15.8. The number of benzene rings is 2. The van der Waals surface area contributed by atoms with Crippen molar-refractivity contribution in [1.82, 2.24) is 9.55 Å². The van der Waals surface area contributed by atoms with Crippen LogP contribution in [0.4, 0.5) is 4.39 Å². The van der Waals surface area contributed by atoms with Gasteiger partial charge >= 0.3 is 17.6 Å². The van der Waals surface area contributed by atoms with Gasteiger partial charge in [0.05, 0.1) is 11.1 Å². The molecule has 12 nitrogen and oxygen atoms in total. The molecule has 2 aromatic carbocycles. The number of nitrogens with zero attached hydrogens (tertiary/aromatic N) is 4. The maximum Gasteiger partial charge on any atom is 0.338 e. The number of nitrogens with one attached hydrogen (secondary N) is 1. The Hall–Kier alpha value is -4.45. The SMILES string of the molecule is [N-]=[N+]=N[C@@]1(COC(=O)c2cccc(Cl)c2)O[C@H](n2ccc(=O)[nH]c2=O)C(F)C1OC(=O)c1ccccc1. The number of ether oxygens (including phenoxy) is 3. The molecule has 4 rings (SSSR count). The van der Waals surface area contributed by atoms with Crippen molar-refractivity contribution in [2.45, 2.75) is 24.2 Å². The molecule has 1 saturated heterocycles. The van der Waals surface area contributed by atoms with Gasteiger partial charge < -0.3 is 14.2 Å². The van der Waals surface area contributed by atoms with Crippen LogP contribution in [0.25, 0.3) is 10.4 Å². The lowest BCUT2D eigenvalue weighted by atomic mass is 10.1. The second-order valence-corrected chi connectivity index (χ2v) is 8.22. The van der Waals surface area contributed by atoms with E-state index < -0.39 is 54.0 Å². The number of hydrogen-bond donors (Lipinski definition) is 1. The van der Waals surface area contributed by atoms with Crippen molar-refractivity contribution in [3.63, 3.8) is 0 Å². The number of hydrogen-bond acceptors (Lipinski definition) is 8. The van der Waals surface area contributed by atoms with Crippen LogP contribution in [0, 0.1) is 0 Å². The standard InChI is InChI=1S/C23H17ClFN5O7/c24-15-8-4-7-14(11-15)20(32)35-12-23(28-29-26)18(36-21(33)13-5-2-1-3-6-13)17(25)19(37-23)30-10-9-16(31)27-22(30)34/h1-11,17-19H,12H2,(H,27,31,34)/t17?,18?,19-,23-/m0/s1. The summed E-state index contributed by atoms with van der Waals surface area (Å²) in [5.41, 5.74) is 5.12. The van der Waals surface area contributed by atoms with Crippen molar-refractivity contribution >= 4 is 23.5 Å². The van der Waals surface area contributed by atoms with Gasteiger partial charge in [-0.1, -0.05) is 41.0 Å². The molecule has 2 unspecified atom stereocenters. The first kappa shape index (κ1) is 25.6. The highest BCUT2D eigenvalue weighted by molar-refractivity contribution is 6.30. The molecule has 0 radical (unpaired) electrons. The van der Waals surface area contributed by atoms with E-state index in [0.29, 0.717) is 4.57 Å². The minimum Gasteiger partial charge on any atom is -0.459 e. The van der Waals surface area contributed by atoms with Gasteiger partial charge in [-0.2, -0.15) is 0 Å². The molecule has 0 bridgehead atoms. The molecule has 2 heterocycles. The van der Waals surface area contributed by atoms with Crippen LogP contribution in [-0.2, 0) is 14.2 Å². The van der Waals surface area contributed by atoms with Gasteiger partial charge in [0.15, 0.2) is 18.5 Å². The summed E-state index contributed by atoms with van der Waals surface area (Å²) in [6.45, 7) is -0.899. The van der Waals surface area contributed by atoms with Crippen LogP contribution in [0.1, 0.15) is 26.9 Å². The summed E-state index contributed by atoms with van der Waals surface area (Å²) in [5, 5.41) is 3.73. The topological polar surface area (TPSA) is 165 Å². The highest BCUT2D eigenvalue weighted by atomic mass is 35.5. The first-order valence-electron chi connectivity index (χ1n) is 10.6. The normalized spacial score (nSPS) is 22.6. The van der Waals surface area contributed by atoms with Crippen molar-refractivity contribution in [2.75, 3.05) is 6.61 Å². The number of carbonyl (C=O) groups is 2. The fraction of sp³-hybridized carbons (Fsp3) is 0.217. The van der Waals surface area contributed by atoms with E-state index in [9.17, 15) is 24.7 Å². The largest absolute Gasteiger partial charge is 0.459 e. The van der Waals surface area contributed by atoms with Crippen molar-refractivity contribution < 1.29 is 28.2 Å². The molecule has 0 saturated carbocycles. The Morgan fingerprint density at radius 3 is 2.54 bits per heavy atom. The Morgan fingerprint density at radius 2 is 1.86 bits per heavy atom. The van der Waals surface area contributed by atoms with Crippen LogP contribution in [0.5, 0.6) is 0 Å². The molecule has 14 heteroatoms. The number of halogens is 2. The molecule has 1 N–H and O–H groups in total. The van der Waals surface area contributed by atoms with Crippen molar-refractivity contribution in [3.8, 4) is 0 Å². The summed E-state index contributed by atoms with van der Waals surface area (Å²) in [4.78, 5) is 53.8. The predicted molar refractivity (Wildman–Crippen MR) is 126 cm³/mol. The van der Waals surface area contributed by atoms with Gasteiger partial charge in [-0.3, -0.25) is 14.3 Å². The number of aromatic nitrogens is 2. The van der Waals surface area contributed by atoms with E-state index in [0.717, 1.165) is 12.3 Å². The first-order valence-corrected chi connectivity index (χ1v) is 11.0. The second-order valence-electron chi connectivity index (χ2n) is 7.78. The van der Waals surface area contributed by atoms with Crippen LogP contribution in [0.15, 0.2) is 81.6 Å². The molecule has 190 valence electrons. The second kappa shape index (κ2) is 10.7. The van der Waals surface area contributed by atoms with Crippen LogP contribution >= 0.6 is 11.6 Å². The van der Waals surface area contributed by atoms with E-state index in [1.165, 1.54) is 36.4 Å². The zero-order valence-electron chi connectivity index (χ0n) is 18.7. The molecule has 4 atom stereocenters. The summed E-state index contributed by atoms with van der Waals surface area (Å²) >= 11 is 5.90. The number of esters is 2. The van der Waals surface area contributed by atoms with E-state index in [1.807, 2.05) is 4.98 Å². The van der Waals surface area contributed by atoms with Crippen LogP contribution in [0.2, 0.25) is 5.02 Å². The first-order chi connectivity index (χ1) is 17.7. The third-order valence-electron chi connectivity index (χ3n) is 5.38. The third-order valence-corrected chi connectivity index (χ3v) is 5.62. The maximum absolute atomic E-state index is 15.8. The monoisotopic (exact) mass is 529 g/mol. The number of rotatable bonds is 7. The van der Waals surface area contributed by atoms with Gasteiger partial charge in [-0.05, 0) is 35.9 Å². The van der Waals surface area contributed by atoms with E-state index in [2.05, 4.69) is 10.0 Å². The highest BCUT2D eigenvalue weighted by Gasteiger charge is 2.60. The lowest BCUT2D eigenvalue weighted by Crippen LogP contribution is -2.47. The fourth-order valence-electron chi connectivity index (χ4n) is 3.66. The zero-order valence-corrected chi connectivity index (χ0v) is 19.4. The quantitative estimate of drug-likeness (QED) is 0.212. The van der Waals surface area contributed by atoms with Crippen LogP contribution in [0.3, 0.4) is 0 Å². The smallest absolute Gasteiger partial charge is 0.338 e. The lowest BCUT2D eigenvalue weighted by Gasteiger charge is -2.28. The van der Waals surface area contributed by atoms with Crippen molar-refractivity contribution in [3.05, 3.63) is 114 Å². The summed E-state index contributed by atoms with van der Waals surface area (Å²) in [7, 11) is 0. The molecule has 1 aromatic heterocycles. The zero-order chi connectivity index (χ0) is 26.6. The minimum atomic E-state index is -2.42. The number of H-pyrrole nitrogens is 1. The molecular weight excluding hydrogens is 513 g/mol. The van der Waals surface area contributed by atoms with E-state index in [-0.39, 0.29) is 16.1 Å². The lowest BCUT2D eigenvalue weighted by molar-refractivity contribution is -0.129. The van der Waals surface area contributed by atoms with Gasteiger partial charge in [0, 0.05) is 22.2 Å². The molecule has 37 heavy (non-hydrogen) atoms. The fourth-order valence-corrected chi connectivity index (χ4v) is 3.85. The Morgan fingerprint density at radius 1 is 1.14 bits per heavy atom. The summed E-state index contributed by atoms with van der Waals surface area (Å²) in [6.07, 6.45) is -5.13. The Kier molecular flexibility index (Phi) is 7.39. The summed E-state index contributed by atoms with van der Waals surface area (Å²) in [5.74, 6) is -1.92. The Balaban J connectivity index is 1.71. The van der Waals surface area contributed by atoms with Gasteiger partial charge in [0.25, 0.3) is 5.56 Å². The van der Waals surface area contributed by atoms with Crippen molar-refractivity contribution in [2.24, 2.45) is 5.11 Å². The van der Waals surface area contributed by atoms with Crippen LogP contribution < -0.4 is 11.2 Å². The van der Waals surface area contributed by atoms with Crippen LogP contribution in [-0.4, -0.2) is 46.1 Å². The van der Waals surface area contributed by atoms with Gasteiger partial charge in [0.2, 0.25) is 5.72 Å². The molecule has 1 fully saturated rings. The average Bonchev–Trinajstić information content (AvgIpc) is 3.14. The van der Waals surface area contributed by atoms with Gasteiger partial charge in [-0.25, -0.2) is 18.8 Å². The third kappa shape index (κ3) is 5.38. The molecule has 0 amide bonds. The molecular formula is C23H17ClFN5O7. The molecule has 0 spiro atoms. The van der Waals surface area contributed by atoms with E-state index in [4.69, 9.17) is 25.8 Å².